The summed E-state index contributed by atoms with van der Waals surface area (Å²) >= 11 is 1.16. The summed E-state index contributed by atoms with van der Waals surface area (Å²) in [6, 6.07) is 14.0. The second-order valence-electron chi connectivity index (χ2n) is 7.48. The lowest BCUT2D eigenvalue weighted by Gasteiger charge is -2.26. The van der Waals surface area contributed by atoms with E-state index in [1.165, 1.54) is 6.08 Å². The van der Waals surface area contributed by atoms with E-state index in [1.807, 2.05) is 24.3 Å². The van der Waals surface area contributed by atoms with Gasteiger partial charge in [-0.2, -0.15) is 0 Å². The summed E-state index contributed by atoms with van der Waals surface area (Å²) in [7, 11) is 1.58. The maximum atomic E-state index is 12.9. The van der Waals surface area contributed by atoms with E-state index >= 15 is 0 Å². The molecule has 0 aliphatic carbocycles. The monoisotopic (exact) mass is 478 g/mol. The summed E-state index contributed by atoms with van der Waals surface area (Å²) in [6.07, 6.45) is 3.65. The van der Waals surface area contributed by atoms with Crippen molar-refractivity contribution in [1.82, 2.24) is 15.4 Å². The van der Waals surface area contributed by atoms with Crippen molar-refractivity contribution in [2.45, 2.75) is 13.0 Å². The van der Waals surface area contributed by atoms with Gasteiger partial charge in [0.1, 0.15) is 5.75 Å². The number of hydrogen-bond donors (Lipinski definition) is 3. The lowest BCUT2D eigenvalue weighted by atomic mass is 10.1. The highest BCUT2D eigenvalue weighted by Crippen LogP contribution is 2.26. The number of hydroxylamine groups is 1. The third-order valence-electron chi connectivity index (χ3n) is 5.23. The Bertz CT molecular complexity index is 1250. The molecule has 0 fully saturated rings. The fraction of sp³-hybridized carbons (Fsp3) is 0.167. The number of carbonyl (C=O) groups excluding carboxylic acids is 3. The Hall–Kier alpha value is -4.02. The van der Waals surface area contributed by atoms with Crippen molar-refractivity contribution < 1.29 is 24.3 Å². The molecular weight excluding hydrogens is 456 g/mol. The van der Waals surface area contributed by atoms with E-state index in [0.717, 1.165) is 27.5 Å². The number of hydrogen-bond acceptors (Lipinski definition) is 7. The van der Waals surface area contributed by atoms with Crippen molar-refractivity contribution in [3.05, 3.63) is 81.3 Å². The molecule has 2 aromatic carbocycles. The normalized spacial score (nSPS) is 12.8. The van der Waals surface area contributed by atoms with Crippen LogP contribution < -0.4 is 15.5 Å². The first-order chi connectivity index (χ1) is 16.5. The molecule has 0 saturated heterocycles. The van der Waals surface area contributed by atoms with Gasteiger partial charge < -0.3 is 15.0 Å². The second-order valence-corrected chi connectivity index (χ2v) is 8.57. The average Bonchev–Trinajstić information content (AvgIpc) is 3.30. The first kappa shape index (κ1) is 23.1. The van der Waals surface area contributed by atoms with Gasteiger partial charge >= 0.3 is 5.91 Å². The molecule has 9 nitrogen and oxygen atoms in total. The molecule has 3 N–H and O–H groups in total. The van der Waals surface area contributed by atoms with Crippen LogP contribution in [0.5, 0.6) is 5.75 Å². The van der Waals surface area contributed by atoms with Crippen LogP contribution in [0.25, 0.3) is 6.08 Å². The fourth-order valence-corrected chi connectivity index (χ4v) is 4.51. The topological polar surface area (TPSA) is 121 Å². The van der Waals surface area contributed by atoms with Gasteiger partial charge in [0.25, 0.3) is 5.91 Å². The van der Waals surface area contributed by atoms with Crippen LogP contribution in [0.4, 0.5) is 5.69 Å². The molecular formula is C24H22N4O5S. The van der Waals surface area contributed by atoms with E-state index < -0.39 is 5.91 Å². The van der Waals surface area contributed by atoms with Gasteiger partial charge in [0.15, 0.2) is 5.01 Å². The van der Waals surface area contributed by atoms with E-state index in [0.29, 0.717) is 36.5 Å². The number of rotatable bonds is 6. The Morgan fingerprint density at radius 2 is 1.97 bits per heavy atom. The maximum absolute atomic E-state index is 12.9. The lowest BCUT2D eigenvalue weighted by molar-refractivity contribution is -0.111. The third kappa shape index (κ3) is 5.30. The molecule has 4 rings (SSSR count). The minimum Gasteiger partial charge on any atom is -0.497 e. The van der Waals surface area contributed by atoms with Gasteiger partial charge in [0, 0.05) is 35.2 Å². The molecule has 0 unspecified atom stereocenters. The fourth-order valence-electron chi connectivity index (χ4n) is 3.49. The number of methoxy groups -OCH3 is 1. The van der Waals surface area contributed by atoms with Crippen molar-refractivity contribution in [2.24, 2.45) is 0 Å². The predicted molar refractivity (Wildman–Crippen MR) is 127 cm³/mol. The number of fused-ring (bicyclic) bond motifs is 1. The molecule has 0 atom stereocenters. The second kappa shape index (κ2) is 10.3. The number of carbonyl (C=O) groups is 3. The predicted octanol–water partition coefficient (Wildman–Crippen LogP) is 3.12. The molecule has 0 radical (unpaired) electrons. The summed E-state index contributed by atoms with van der Waals surface area (Å²) < 4.78 is 5.17. The molecule has 0 bridgehead atoms. The molecule has 3 amide bonds. The standard InChI is InChI=1S/C24H22N4O5S/c1-33-18-4-2-3-15(13-18)5-10-21(29)25-17-8-6-16(7-9-17)24(31)28-12-11-19-20(14-28)34-23(26-19)22(30)27-32/h2-10,13,32H,11-12,14H2,1H3,(H,25,29)(H,27,30)/b10-5+. The summed E-state index contributed by atoms with van der Waals surface area (Å²) in [4.78, 5) is 43.5. The number of amides is 3. The molecule has 10 heteroatoms. The Morgan fingerprint density at radius 1 is 1.18 bits per heavy atom. The van der Waals surface area contributed by atoms with Gasteiger partial charge in [-0.25, -0.2) is 10.5 Å². The molecule has 174 valence electrons. The average molecular weight is 479 g/mol. The molecule has 3 aromatic rings. The maximum Gasteiger partial charge on any atom is 0.303 e. The minimum atomic E-state index is -0.659. The molecule has 34 heavy (non-hydrogen) atoms. The van der Waals surface area contributed by atoms with E-state index in [-0.39, 0.29) is 16.8 Å². The highest BCUT2D eigenvalue weighted by Gasteiger charge is 2.26. The van der Waals surface area contributed by atoms with E-state index in [2.05, 4.69) is 10.3 Å². The van der Waals surface area contributed by atoms with Gasteiger partial charge in [-0.15, -0.1) is 11.3 Å². The van der Waals surface area contributed by atoms with Gasteiger partial charge in [-0.05, 0) is 48.0 Å². The van der Waals surface area contributed by atoms with Gasteiger partial charge in [0.2, 0.25) is 5.91 Å². The van der Waals surface area contributed by atoms with Crippen molar-refractivity contribution in [3.63, 3.8) is 0 Å². The Labute approximate surface area is 199 Å². The van der Waals surface area contributed by atoms with Gasteiger partial charge in [-0.1, -0.05) is 12.1 Å². The van der Waals surface area contributed by atoms with Crippen LogP contribution in [0.2, 0.25) is 0 Å². The lowest BCUT2D eigenvalue weighted by Crippen LogP contribution is -2.35. The van der Waals surface area contributed by atoms with Crippen LogP contribution in [-0.2, 0) is 17.8 Å². The number of nitrogens with zero attached hydrogens (tertiary/aromatic N) is 2. The van der Waals surface area contributed by atoms with Crippen molar-refractivity contribution in [2.75, 3.05) is 19.0 Å². The van der Waals surface area contributed by atoms with Crippen LogP contribution >= 0.6 is 11.3 Å². The SMILES string of the molecule is COc1cccc(/C=C/C(=O)Nc2ccc(C(=O)N3CCc4nc(C(=O)NO)sc4C3)cc2)c1. The van der Waals surface area contributed by atoms with Gasteiger partial charge in [-0.3, -0.25) is 19.6 Å². The smallest absolute Gasteiger partial charge is 0.303 e. The van der Waals surface area contributed by atoms with Crippen LogP contribution in [-0.4, -0.2) is 46.5 Å². The number of ether oxygens (including phenoxy) is 1. The van der Waals surface area contributed by atoms with Gasteiger partial charge in [0.05, 0.1) is 19.3 Å². The first-order valence-electron chi connectivity index (χ1n) is 10.4. The molecule has 1 aliphatic heterocycles. The molecule has 1 aliphatic rings. The largest absolute Gasteiger partial charge is 0.497 e. The molecule has 0 spiro atoms. The molecule has 2 heterocycles. The summed E-state index contributed by atoms with van der Waals surface area (Å²) in [5.74, 6) is -0.395. The number of nitrogens with one attached hydrogen (secondary N) is 2. The zero-order valence-electron chi connectivity index (χ0n) is 18.3. The van der Waals surface area contributed by atoms with Crippen LogP contribution in [0.15, 0.2) is 54.6 Å². The van der Waals surface area contributed by atoms with Crippen LogP contribution in [0, 0.1) is 0 Å². The van der Waals surface area contributed by atoms with E-state index in [1.54, 1.807) is 47.8 Å². The zero-order valence-corrected chi connectivity index (χ0v) is 19.1. The summed E-state index contributed by atoms with van der Waals surface area (Å²) in [6.45, 7) is 0.821. The number of anilines is 1. The minimum absolute atomic E-state index is 0.150. The van der Waals surface area contributed by atoms with Crippen LogP contribution in [0.1, 0.15) is 36.3 Å². The molecule has 1 aromatic heterocycles. The van der Waals surface area contributed by atoms with Crippen molar-refractivity contribution in [1.29, 1.82) is 0 Å². The Balaban J connectivity index is 1.36. The highest BCUT2D eigenvalue weighted by molar-refractivity contribution is 7.13. The summed E-state index contributed by atoms with van der Waals surface area (Å²) in [5, 5.41) is 11.7. The first-order valence-corrected chi connectivity index (χ1v) is 11.2. The Kier molecular flexibility index (Phi) is 7.00. The van der Waals surface area contributed by atoms with E-state index in [9.17, 15) is 14.4 Å². The van der Waals surface area contributed by atoms with E-state index in [4.69, 9.17) is 9.94 Å². The number of benzene rings is 2. The van der Waals surface area contributed by atoms with Crippen LogP contribution in [0.3, 0.4) is 0 Å². The quantitative estimate of drug-likeness (QED) is 0.284. The van der Waals surface area contributed by atoms with Crippen molar-refractivity contribution >= 4 is 40.8 Å². The zero-order chi connectivity index (χ0) is 24.1. The Morgan fingerprint density at radius 3 is 2.71 bits per heavy atom. The van der Waals surface area contributed by atoms with Crippen molar-refractivity contribution in [3.8, 4) is 5.75 Å². The highest BCUT2D eigenvalue weighted by atomic mass is 32.1. The number of aromatic nitrogens is 1. The molecule has 0 saturated carbocycles. The number of thiazole rings is 1. The third-order valence-corrected chi connectivity index (χ3v) is 6.32. The summed E-state index contributed by atoms with van der Waals surface area (Å²) in [5.41, 5.74) is 4.25.